The number of amides is 2. The summed E-state index contributed by atoms with van der Waals surface area (Å²) in [6, 6.07) is 5.34. The summed E-state index contributed by atoms with van der Waals surface area (Å²) in [7, 11) is 0. The van der Waals surface area contributed by atoms with Gasteiger partial charge in [0.15, 0.2) is 0 Å². The van der Waals surface area contributed by atoms with Gasteiger partial charge in [-0.25, -0.2) is 0 Å². The lowest BCUT2D eigenvalue weighted by atomic mass is 10.1. The molecule has 0 heterocycles. The van der Waals surface area contributed by atoms with Crippen molar-refractivity contribution >= 4 is 27.7 Å². The smallest absolute Gasteiger partial charge is 0.251 e. The molecular weight excluding hydrogens is 272 g/mol. The summed E-state index contributed by atoms with van der Waals surface area (Å²) in [5.41, 5.74) is 6.58. The lowest BCUT2D eigenvalue weighted by molar-refractivity contribution is -0.117. The molecule has 16 heavy (non-hydrogen) atoms. The fourth-order valence-corrected chi connectivity index (χ4v) is 1.51. The fraction of sp³-hybridized carbons (Fsp3) is 0.273. The SMILES string of the molecule is Cc1ccc(C(=O)NCCC(N)=O)cc1Br. The first-order chi connectivity index (χ1) is 7.50. The van der Waals surface area contributed by atoms with Crippen LogP contribution in [-0.4, -0.2) is 18.4 Å². The number of nitrogens with one attached hydrogen (secondary N) is 1. The molecule has 0 radical (unpaired) electrons. The monoisotopic (exact) mass is 284 g/mol. The number of nitrogens with two attached hydrogens (primary N) is 1. The lowest BCUT2D eigenvalue weighted by Gasteiger charge is -2.05. The van der Waals surface area contributed by atoms with Crippen LogP contribution in [0.2, 0.25) is 0 Å². The number of hydrogen-bond acceptors (Lipinski definition) is 2. The standard InChI is InChI=1S/C11H13BrN2O2/c1-7-2-3-8(6-9(7)12)11(16)14-5-4-10(13)15/h2-3,6H,4-5H2,1H3,(H2,13,15)(H,14,16). The van der Waals surface area contributed by atoms with Crippen LogP contribution >= 0.6 is 15.9 Å². The fourth-order valence-electron chi connectivity index (χ4n) is 1.14. The molecule has 0 unspecified atom stereocenters. The van der Waals surface area contributed by atoms with Crippen LogP contribution in [0, 0.1) is 6.92 Å². The summed E-state index contributed by atoms with van der Waals surface area (Å²) >= 11 is 3.35. The predicted octanol–water partition coefficient (Wildman–Crippen LogP) is 1.36. The summed E-state index contributed by atoms with van der Waals surface area (Å²) in [6.45, 7) is 2.21. The molecule has 0 bridgehead atoms. The Labute approximate surface area is 102 Å². The third-order valence-corrected chi connectivity index (χ3v) is 2.95. The van der Waals surface area contributed by atoms with Crippen LogP contribution in [0.1, 0.15) is 22.3 Å². The molecule has 0 aromatic heterocycles. The van der Waals surface area contributed by atoms with E-state index in [1.165, 1.54) is 0 Å². The number of benzene rings is 1. The Balaban J connectivity index is 2.59. The van der Waals surface area contributed by atoms with Gasteiger partial charge in [-0.2, -0.15) is 0 Å². The van der Waals surface area contributed by atoms with Gasteiger partial charge in [0, 0.05) is 23.0 Å². The normalized spacial score (nSPS) is 9.88. The maximum atomic E-state index is 11.6. The zero-order valence-corrected chi connectivity index (χ0v) is 10.5. The second kappa shape index (κ2) is 5.65. The third kappa shape index (κ3) is 3.66. The highest BCUT2D eigenvalue weighted by Crippen LogP contribution is 2.17. The van der Waals surface area contributed by atoms with Crippen molar-refractivity contribution in [3.05, 3.63) is 33.8 Å². The first-order valence-electron chi connectivity index (χ1n) is 4.83. The molecular formula is C11H13BrN2O2. The van der Waals surface area contributed by atoms with E-state index in [4.69, 9.17) is 5.73 Å². The molecule has 1 aromatic carbocycles. The zero-order chi connectivity index (χ0) is 12.1. The van der Waals surface area contributed by atoms with Crippen molar-refractivity contribution in [3.63, 3.8) is 0 Å². The van der Waals surface area contributed by atoms with E-state index in [2.05, 4.69) is 21.2 Å². The van der Waals surface area contributed by atoms with Crippen LogP contribution < -0.4 is 11.1 Å². The molecule has 1 rings (SSSR count). The Morgan fingerprint density at radius 2 is 2.12 bits per heavy atom. The number of carbonyl (C=O) groups is 2. The van der Waals surface area contributed by atoms with Crippen molar-refractivity contribution in [3.8, 4) is 0 Å². The van der Waals surface area contributed by atoms with Crippen molar-refractivity contribution < 1.29 is 9.59 Å². The molecule has 0 aliphatic heterocycles. The van der Waals surface area contributed by atoms with Crippen LogP contribution in [-0.2, 0) is 4.79 Å². The van der Waals surface area contributed by atoms with E-state index >= 15 is 0 Å². The number of carbonyl (C=O) groups excluding carboxylic acids is 2. The third-order valence-electron chi connectivity index (χ3n) is 2.09. The van der Waals surface area contributed by atoms with Crippen LogP contribution in [0.4, 0.5) is 0 Å². The average molecular weight is 285 g/mol. The first kappa shape index (κ1) is 12.7. The van der Waals surface area contributed by atoms with Gasteiger partial charge in [-0.15, -0.1) is 0 Å². The topological polar surface area (TPSA) is 72.2 Å². The molecule has 0 fully saturated rings. The summed E-state index contributed by atoms with van der Waals surface area (Å²) in [6.07, 6.45) is 0.152. The summed E-state index contributed by atoms with van der Waals surface area (Å²) < 4.78 is 0.884. The Morgan fingerprint density at radius 3 is 2.69 bits per heavy atom. The maximum absolute atomic E-state index is 11.6. The summed E-state index contributed by atoms with van der Waals surface area (Å²) in [5, 5.41) is 2.62. The summed E-state index contributed by atoms with van der Waals surface area (Å²) in [4.78, 5) is 22.1. The highest BCUT2D eigenvalue weighted by Gasteiger charge is 2.06. The number of aryl methyl sites for hydroxylation is 1. The van der Waals surface area contributed by atoms with Crippen molar-refractivity contribution in [2.24, 2.45) is 5.73 Å². The highest BCUT2D eigenvalue weighted by atomic mass is 79.9. The van der Waals surface area contributed by atoms with Gasteiger partial charge >= 0.3 is 0 Å². The van der Waals surface area contributed by atoms with Gasteiger partial charge in [0.2, 0.25) is 5.91 Å². The van der Waals surface area contributed by atoms with Gasteiger partial charge in [0.1, 0.15) is 0 Å². The lowest BCUT2D eigenvalue weighted by Crippen LogP contribution is -2.27. The van der Waals surface area contributed by atoms with E-state index in [0.29, 0.717) is 5.56 Å². The second-order valence-electron chi connectivity index (χ2n) is 3.44. The molecule has 3 N–H and O–H groups in total. The van der Waals surface area contributed by atoms with Gasteiger partial charge in [-0.1, -0.05) is 22.0 Å². The molecule has 86 valence electrons. The van der Waals surface area contributed by atoms with Crippen molar-refractivity contribution in [1.82, 2.24) is 5.32 Å². The van der Waals surface area contributed by atoms with Crippen molar-refractivity contribution in [2.45, 2.75) is 13.3 Å². The Hall–Kier alpha value is -1.36. The van der Waals surface area contributed by atoms with Gasteiger partial charge in [-0.05, 0) is 24.6 Å². The van der Waals surface area contributed by atoms with E-state index in [-0.39, 0.29) is 18.9 Å². The van der Waals surface area contributed by atoms with E-state index in [9.17, 15) is 9.59 Å². The second-order valence-corrected chi connectivity index (χ2v) is 4.29. The van der Waals surface area contributed by atoms with Crippen molar-refractivity contribution in [1.29, 1.82) is 0 Å². The first-order valence-corrected chi connectivity index (χ1v) is 5.62. The van der Waals surface area contributed by atoms with Gasteiger partial charge < -0.3 is 11.1 Å². The molecule has 2 amide bonds. The van der Waals surface area contributed by atoms with Crippen LogP contribution in [0.3, 0.4) is 0 Å². The van der Waals surface area contributed by atoms with Gasteiger partial charge in [-0.3, -0.25) is 9.59 Å². The number of halogens is 1. The minimum Gasteiger partial charge on any atom is -0.370 e. The van der Waals surface area contributed by atoms with Crippen LogP contribution in [0.25, 0.3) is 0 Å². The Bertz CT molecular complexity index is 418. The highest BCUT2D eigenvalue weighted by molar-refractivity contribution is 9.10. The number of rotatable bonds is 4. The molecule has 0 atom stereocenters. The predicted molar refractivity (Wildman–Crippen MR) is 65.0 cm³/mol. The van der Waals surface area contributed by atoms with Crippen molar-refractivity contribution in [2.75, 3.05) is 6.54 Å². The molecule has 4 nitrogen and oxygen atoms in total. The minimum atomic E-state index is -0.426. The molecule has 0 aliphatic carbocycles. The van der Waals surface area contributed by atoms with E-state index < -0.39 is 5.91 Å². The zero-order valence-electron chi connectivity index (χ0n) is 8.92. The Morgan fingerprint density at radius 1 is 1.44 bits per heavy atom. The molecule has 0 saturated heterocycles. The van der Waals surface area contributed by atoms with E-state index in [1.807, 2.05) is 13.0 Å². The quantitative estimate of drug-likeness (QED) is 0.876. The molecule has 5 heteroatoms. The molecule has 1 aromatic rings. The average Bonchev–Trinajstić information content (AvgIpc) is 2.21. The summed E-state index contributed by atoms with van der Waals surface area (Å²) in [5.74, 6) is -0.632. The minimum absolute atomic E-state index is 0.152. The number of primary amides is 1. The Kier molecular flexibility index (Phi) is 4.49. The van der Waals surface area contributed by atoms with E-state index in [0.717, 1.165) is 10.0 Å². The molecule has 0 saturated carbocycles. The van der Waals surface area contributed by atoms with Gasteiger partial charge in [0.05, 0.1) is 0 Å². The van der Waals surface area contributed by atoms with Gasteiger partial charge in [0.25, 0.3) is 5.91 Å². The molecule has 0 spiro atoms. The largest absolute Gasteiger partial charge is 0.370 e. The molecule has 0 aliphatic rings. The van der Waals surface area contributed by atoms with Crippen LogP contribution in [0.15, 0.2) is 22.7 Å². The van der Waals surface area contributed by atoms with E-state index in [1.54, 1.807) is 12.1 Å². The van der Waals surface area contributed by atoms with Crippen LogP contribution in [0.5, 0.6) is 0 Å². The number of hydrogen-bond donors (Lipinski definition) is 2. The maximum Gasteiger partial charge on any atom is 0.251 e.